The Bertz CT molecular complexity index is 555. The molecule has 0 heterocycles. The maximum atomic E-state index is 12.1. The fraction of sp³-hybridized carbons (Fsp3) is 0.500. The highest BCUT2D eigenvalue weighted by molar-refractivity contribution is 7.90. The van der Waals surface area contributed by atoms with E-state index in [1.165, 1.54) is 19.7 Å². The average molecular weight is 314 g/mol. The molecule has 0 aromatic heterocycles. The number of aryl methyl sites for hydroxylation is 1. The zero-order valence-electron chi connectivity index (χ0n) is 12.6. The molecule has 0 saturated carbocycles. The van der Waals surface area contributed by atoms with Crippen molar-refractivity contribution in [2.24, 2.45) is 0 Å². The van der Waals surface area contributed by atoms with Crippen LogP contribution in [0.25, 0.3) is 0 Å². The van der Waals surface area contributed by atoms with Crippen molar-refractivity contribution in [1.29, 1.82) is 0 Å². The van der Waals surface area contributed by atoms with Crippen molar-refractivity contribution in [2.75, 3.05) is 25.4 Å². The predicted molar refractivity (Wildman–Crippen MR) is 82.2 cm³/mol. The average Bonchev–Trinajstić information content (AvgIpc) is 2.46. The number of ether oxygens (including phenoxy) is 1. The van der Waals surface area contributed by atoms with Gasteiger partial charge in [-0.2, -0.15) is 12.7 Å². The summed E-state index contributed by atoms with van der Waals surface area (Å²) in [6, 6.07) is 7.26. The SMILES string of the molecule is CCCc1ccc(NS(=O)(=O)N(C)CCC(=O)OC)cc1. The summed E-state index contributed by atoms with van der Waals surface area (Å²) in [7, 11) is -0.983. The van der Waals surface area contributed by atoms with Crippen molar-refractivity contribution in [2.45, 2.75) is 26.2 Å². The third-order valence-corrected chi connectivity index (χ3v) is 4.51. The van der Waals surface area contributed by atoms with E-state index in [1.807, 2.05) is 12.1 Å². The Kier molecular flexibility index (Phi) is 6.64. The molecule has 0 amide bonds. The lowest BCUT2D eigenvalue weighted by Gasteiger charge is -2.17. The summed E-state index contributed by atoms with van der Waals surface area (Å²) >= 11 is 0. The van der Waals surface area contributed by atoms with Crippen molar-refractivity contribution in [3.05, 3.63) is 29.8 Å². The van der Waals surface area contributed by atoms with Crippen LogP contribution in [-0.2, 0) is 26.2 Å². The first kappa shape index (κ1) is 17.5. The Balaban J connectivity index is 2.64. The van der Waals surface area contributed by atoms with E-state index in [0.29, 0.717) is 5.69 Å². The van der Waals surface area contributed by atoms with Crippen LogP contribution < -0.4 is 4.72 Å². The molecule has 0 bridgehead atoms. The van der Waals surface area contributed by atoms with E-state index < -0.39 is 16.2 Å². The number of nitrogens with zero attached hydrogens (tertiary/aromatic N) is 1. The van der Waals surface area contributed by atoms with E-state index in [1.54, 1.807) is 12.1 Å². The second kappa shape index (κ2) is 7.99. The lowest BCUT2D eigenvalue weighted by molar-refractivity contribution is -0.140. The van der Waals surface area contributed by atoms with Crippen LogP contribution in [0.1, 0.15) is 25.3 Å². The molecule has 0 fully saturated rings. The highest BCUT2D eigenvalue weighted by Crippen LogP contribution is 2.13. The van der Waals surface area contributed by atoms with Crippen molar-refractivity contribution in [3.63, 3.8) is 0 Å². The summed E-state index contributed by atoms with van der Waals surface area (Å²) in [5.41, 5.74) is 1.67. The van der Waals surface area contributed by atoms with Gasteiger partial charge in [0.05, 0.1) is 13.5 Å². The summed E-state index contributed by atoms with van der Waals surface area (Å²) in [4.78, 5) is 11.0. The number of nitrogens with one attached hydrogen (secondary N) is 1. The van der Waals surface area contributed by atoms with Crippen LogP contribution >= 0.6 is 0 Å². The molecule has 0 aliphatic carbocycles. The molecule has 0 aliphatic heterocycles. The zero-order valence-corrected chi connectivity index (χ0v) is 13.4. The van der Waals surface area contributed by atoms with Gasteiger partial charge >= 0.3 is 16.2 Å². The summed E-state index contributed by atoms with van der Waals surface area (Å²) < 4.78 is 32.2. The molecule has 1 N–H and O–H groups in total. The third-order valence-electron chi connectivity index (χ3n) is 3.01. The highest BCUT2D eigenvalue weighted by atomic mass is 32.2. The van der Waals surface area contributed by atoms with E-state index in [9.17, 15) is 13.2 Å². The van der Waals surface area contributed by atoms with Gasteiger partial charge in [0.25, 0.3) is 0 Å². The monoisotopic (exact) mass is 314 g/mol. The molecule has 7 heteroatoms. The molecule has 6 nitrogen and oxygen atoms in total. The normalized spacial score (nSPS) is 11.4. The number of esters is 1. The summed E-state index contributed by atoms with van der Waals surface area (Å²) in [5, 5.41) is 0. The molecule has 1 rings (SSSR count). The van der Waals surface area contributed by atoms with Crippen LogP contribution in [0.2, 0.25) is 0 Å². The summed E-state index contributed by atoms with van der Waals surface area (Å²) in [6.45, 7) is 2.16. The second-order valence-corrected chi connectivity index (χ2v) is 6.48. The molecule has 21 heavy (non-hydrogen) atoms. The van der Waals surface area contributed by atoms with Crippen molar-refractivity contribution >= 4 is 21.9 Å². The minimum absolute atomic E-state index is 0.0172. The topological polar surface area (TPSA) is 75.7 Å². The van der Waals surface area contributed by atoms with Gasteiger partial charge in [0.1, 0.15) is 0 Å². The molecule has 0 atom stereocenters. The Morgan fingerprint density at radius 3 is 2.43 bits per heavy atom. The molecule has 0 spiro atoms. The standard InChI is InChI=1S/C14H22N2O4S/c1-4-5-12-6-8-13(9-7-12)15-21(18,19)16(2)11-10-14(17)20-3/h6-9,15H,4-5,10-11H2,1-3H3. The Morgan fingerprint density at radius 2 is 1.90 bits per heavy atom. The maximum absolute atomic E-state index is 12.1. The molecule has 0 unspecified atom stereocenters. The molecule has 1 aromatic rings. The van der Waals surface area contributed by atoms with Gasteiger partial charge in [-0.3, -0.25) is 9.52 Å². The van der Waals surface area contributed by atoms with Crippen LogP contribution in [0.5, 0.6) is 0 Å². The fourth-order valence-electron chi connectivity index (χ4n) is 1.73. The molecule has 1 aromatic carbocycles. The smallest absolute Gasteiger partial charge is 0.306 e. The minimum atomic E-state index is -3.67. The predicted octanol–water partition coefficient (Wildman–Crippen LogP) is 1.79. The van der Waals surface area contributed by atoms with Crippen LogP contribution in [0.3, 0.4) is 0 Å². The number of anilines is 1. The zero-order chi connectivity index (χ0) is 15.9. The number of carbonyl (C=O) groups excluding carboxylic acids is 1. The van der Waals surface area contributed by atoms with Gasteiger partial charge in [0.15, 0.2) is 0 Å². The van der Waals surface area contributed by atoms with Crippen LogP contribution in [-0.4, -0.2) is 39.4 Å². The van der Waals surface area contributed by atoms with Gasteiger partial charge in [0.2, 0.25) is 0 Å². The number of benzene rings is 1. The van der Waals surface area contributed by atoms with E-state index >= 15 is 0 Å². The Morgan fingerprint density at radius 1 is 1.29 bits per heavy atom. The van der Waals surface area contributed by atoms with Crippen molar-refractivity contribution < 1.29 is 17.9 Å². The lowest BCUT2D eigenvalue weighted by Crippen LogP contribution is -2.34. The van der Waals surface area contributed by atoms with Gasteiger partial charge in [-0.1, -0.05) is 25.5 Å². The summed E-state index contributed by atoms with van der Waals surface area (Å²) in [6.07, 6.45) is 2.02. The Hall–Kier alpha value is -1.60. The van der Waals surface area contributed by atoms with Gasteiger partial charge < -0.3 is 4.74 Å². The summed E-state index contributed by atoms with van der Waals surface area (Å²) in [5.74, 6) is -0.444. The Labute approximate surface area is 126 Å². The van der Waals surface area contributed by atoms with E-state index in [4.69, 9.17) is 0 Å². The largest absolute Gasteiger partial charge is 0.469 e. The molecule has 0 aliphatic rings. The number of hydrogen-bond acceptors (Lipinski definition) is 4. The first-order valence-electron chi connectivity index (χ1n) is 6.79. The highest BCUT2D eigenvalue weighted by Gasteiger charge is 2.18. The van der Waals surface area contributed by atoms with E-state index in [2.05, 4.69) is 16.4 Å². The number of methoxy groups -OCH3 is 1. The fourth-order valence-corrected chi connectivity index (χ4v) is 2.65. The van der Waals surface area contributed by atoms with Gasteiger partial charge in [-0.25, -0.2) is 0 Å². The third kappa shape index (κ3) is 5.73. The molecule has 118 valence electrons. The van der Waals surface area contributed by atoms with E-state index in [0.717, 1.165) is 17.1 Å². The van der Waals surface area contributed by atoms with Crippen LogP contribution in [0, 0.1) is 0 Å². The lowest BCUT2D eigenvalue weighted by atomic mass is 10.1. The second-order valence-electron chi connectivity index (χ2n) is 4.70. The number of hydrogen-bond donors (Lipinski definition) is 1. The van der Waals surface area contributed by atoms with Crippen molar-refractivity contribution in [3.8, 4) is 0 Å². The van der Waals surface area contributed by atoms with Gasteiger partial charge in [-0.05, 0) is 24.1 Å². The first-order chi connectivity index (χ1) is 9.89. The van der Waals surface area contributed by atoms with E-state index in [-0.39, 0.29) is 13.0 Å². The molecular formula is C14H22N2O4S. The molecule has 0 radical (unpaired) electrons. The minimum Gasteiger partial charge on any atom is -0.469 e. The number of rotatable bonds is 8. The number of carbonyl (C=O) groups is 1. The quantitative estimate of drug-likeness (QED) is 0.742. The van der Waals surface area contributed by atoms with Crippen LogP contribution in [0.15, 0.2) is 24.3 Å². The molecular weight excluding hydrogens is 292 g/mol. The van der Waals surface area contributed by atoms with Crippen LogP contribution in [0.4, 0.5) is 5.69 Å². The van der Waals surface area contributed by atoms with Gasteiger partial charge in [0, 0.05) is 19.3 Å². The van der Waals surface area contributed by atoms with Crippen molar-refractivity contribution in [1.82, 2.24) is 4.31 Å². The molecule has 0 saturated heterocycles. The maximum Gasteiger partial charge on any atom is 0.306 e. The first-order valence-corrected chi connectivity index (χ1v) is 8.23. The van der Waals surface area contributed by atoms with Gasteiger partial charge in [-0.15, -0.1) is 0 Å².